The molecule has 28 heavy (non-hydrogen) atoms. The third-order valence-electron chi connectivity index (χ3n) is 4.19. The molecule has 0 aliphatic heterocycles. The van der Waals surface area contributed by atoms with Gasteiger partial charge in [0.2, 0.25) is 5.95 Å². The lowest BCUT2D eigenvalue weighted by molar-refractivity contribution is 0.251. The third-order valence-corrected chi connectivity index (χ3v) is 4.19. The number of anilines is 1. The van der Waals surface area contributed by atoms with Crippen molar-refractivity contribution >= 4 is 22.8 Å². The van der Waals surface area contributed by atoms with Gasteiger partial charge in [-0.3, -0.25) is 15.2 Å². The van der Waals surface area contributed by atoms with Gasteiger partial charge in [-0.15, -0.1) is 5.10 Å². The van der Waals surface area contributed by atoms with Crippen LogP contribution in [0.5, 0.6) is 0 Å². The summed E-state index contributed by atoms with van der Waals surface area (Å²) >= 11 is 0. The molecule has 2 amide bonds. The third kappa shape index (κ3) is 3.58. The van der Waals surface area contributed by atoms with Gasteiger partial charge in [-0.05, 0) is 19.1 Å². The van der Waals surface area contributed by atoms with Crippen molar-refractivity contribution < 1.29 is 4.79 Å². The number of aryl methyl sites for hydroxylation is 1. The molecule has 4 aromatic rings. The lowest BCUT2D eigenvalue weighted by Gasteiger charge is -2.06. The van der Waals surface area contributed by atoms with Crippen LogP contribution in [0.3, 0.4) is 0 Å². The van der Waals surface area contributed by atoms with E-state index in [0.717, 1.165) is 11.1 Å². The second-order valence-electron chi connectivity index (χ2n) is 6.23. The first-order chi connectivity index (χ1) is 13.6. The molecule has 0 saturated carbocycles. The van der Waals surface area contributed by atoms with Crippen molar-refractivity contribution in [2.24, 2.45) is 0 Å². The largest absolute Gasteiger partial charge is 0.332 e. The molecule has 140 valence electrons. The maximum absolute atomic E-state index is 12.2. The highest BCUT2D eigenvalue weighted by molar-refractivity contribution is 5.88. The molecule has 0 spiro atoms. The number of H-pyrrole nitrogens is 2. The van der Waals surface area contributed by atoms with Crippen LogP contribution in [-0.2, 0) is 6.54 Å². The molecule has 0 unspecified atom stereocenters. The maximum Gasteiger partial charge on any atom is 0.321 e. The van der Waals surface area contributed by atoms with E-state index in [0.29, 0.717) is 22.3 Å². The van der Waals surface area contributed by atoms with E-state index >= 15 is 0 Å². The topological polar surface area (TPSA) is 128 Å². The molecule has 0 aliphatic rings. The summed E-state index contributed by atoms with van der Waals surface area (Å²) in [5.41, 5.74) is 2.26. The average molecular weight is 375 g/mol. The first kappa shape index (κ1) is 17.4. The Morgan fingerprint density at radius 3 is 2.68 bits per heavy atom. The van der Waals surface area contributed by atoms with Gasteiger partial charge in [-0.25, -0.2) is 9.89 Å². The van der Waals surface area contributed by atoms with Crippen molar-refractivity contribution in [3.63, 3.8) is 0 Å². The molecule has 0 atom stereocenters. The normalized spacial score (nSPS) is 10.8. The highest BCUT2D eigenvalue weighted by Crippen LogP contribution is 2.17. The zero-order valence-corrected chi connectivity index (χ0v) is 15.0. The van der Waals surface area contributed by atoms with E-state index in [1.165, 1.54) is 0 Å². The van der Waals surface area contributed by atoms with Gasteiger partial charge in [-0.1, -0.05) is 42.0 Å². The number of nitrogens with zero attached hydrogens (tertiary/aromatic N) is 3. The molecular formula is C19H17N7O2. The number of aromatic amines is 2. The number of benzene rings is 2. The van der Waals surface area contributed by atoms with E-state index in [1.807, 2.05) is 37.3 Å². The number of hydrogen-bond acceptors (Lipinski definition) is 5. The molecule has 0 bridgehead atoms. The van der Waals surface area contributed by atoms with Crippen molar-refractivity contribution in [2.75, 3.05) is 5.32 Å². The van der Waals surface area contributed by atoms with E-state index < -0.39 is 6.03 Å². The first-order valence-corrected chi connectivity index (χ1v) is 8.61. The Hall–Kier alpha value is -4.01. The zero-order valence-electron chi connectivity index (χ0n) is 15.0. The molecule has 4 N–H and O–H groups in total. The fraction of sp³-hybridized carbons (Fsp3) is 0.105. The number of aromatic nitrogens is 5. The second-order valence-corrected chi connectivity index (χ2v) is 6.23. The van der Waals surface area contributed by atoms with E-state index in [-0.39, 0.29) is 18.1 Å². The van der Waals surface area contributed by atoms with Crippen LogP contribution in [0.1, 0.15) is 11.3 Å². The summed E-state index contributed by atoms with van der Waals surface area (Å²) in [6.07, 6.45) is 0. The molecule has 9 heteroatoms. The maximum atomic E-state index is 12.2. The van der Waals surface area contributed by atoms with Crippen LogP contribution in [0.2, 0.25) is 0 Å². The van der Waals surface area contributed by atoms with Crippen molar-refractivity contribution in [1.82, 2.24) is 30.7 Å². The minimum atomic E-state index is -0.480. The van der Waals surface area contributed by atoms with Gasteiger partial charge >= 0.3 is 6.03 Å². The fourth-order valence-corrected chi connectivity index (χ4v) is 2.86. The van der Waals surface area contributed by atoms with E-state index in [4.69, 9.17) is 0 Å². The molecule has 0 fully saturated rings. The number of amides is 2. The highest BCUT2D eigenvalue weighted by atomic mass is 16.2. The van der Waals surface area contributed by atoms with Crippen LogP contribution in [0, 0.1) is 6.92 Å². The number of urea groups is 1. The Labute approximate surface area is 159 Å². The Morgan fingerprint density at radius 1 is 1.04 bits per heavy atom. The van der Waals surface area contributed by atoms with Crippen LogP contribution in [0.4, 0.5) is 10.7 Å². The summed E-state index contributed by atoms with van der Waals surface area (Å²) in [6.45, 7) is 2.12. The highest BCUT2D eigenvalue weighted by Gasteiger charge is 2.11. The summed E-state index contributed by atoms with van der Waals surface area (Å²) in [7, 11) is 0. The van der Waals surface area contributed by atoms with Crippen LogP contribution in [-0.4, -0.2) is 31.4 Å². The van der Waals surface area contributed by atoms with Crippen LogP contribution >= 0.6 is 0 Å². The number of carbonyl (C=O) groups excluding carboxylic acids is 1. The summed E-state index contributed by atoms with van der Waals surface area (Å²) in [4.78, 5) is 28.3. The molecule has 2 aromatic heterocycles. The summed E-state index contributed by atoms with van der Waals surface area (Å²) in [6, 6.07) is 14.4. The molecular weight excluding hydrogens is 358 g/mol. The van der Waals surface area contributed by atoms with Gasteiger partial charge in [0.1, 0.15) is 0 Å². The molecule has 9 nitrogen and oxygen atoms in total. The Bertz CT molecular complexity index is 1210. The Morgan fingerprint density at radius 2 is 1.86 bits per heavy atom. The minimum absolute atomic E-state index is 0.137. The quantitative estimate of drug-likeness (QED) is 0.435. The van der Waals surface area contributed by atoms with Crippen molar-refractivity contribution in [1.29, 1.82) is 0 Å². The molecule has 0 radical (unpaired) electrons. The number of fused-ring (bicyclic) bond motifs is 1. The fourth-order valence-electron chi connectivity index (χ4n) is 2.86. The molecule has 0 aliphatic carbocycles. The van der Waals surface area contributed by atoms with E-state index in [1.54, 1.807) is 18.2 Å². The number of rotatable bonds is 4. The Balaban J connectivity index is 1.43. The van der Waals surface area contributed by atoms with Gasteiger partial charge in [0.25, 0.3) is 5.56 Å². The average Bonchev–Trinajstić information content (AvgIpc) is 3.16. The van der Waals surface area contributed by atoms with Gasteiger partial charge in [0, 0.05) is 10.9 Å². The first-order valence-electron chi connectivity index (χ1n) is 8.61. The smallest absolute Gasteiger partial charge is 0.321 e. The minimum Gasteiger partial charge on any atom is -0.332 e. The monoisotopic (exact) mass is 375 g/mol. The summed E-state index contributed by atoms with van der Waals surface area (Å²) < 4.78 is 0. The van der Waals surface area contributed by atoms with Gasteiger partial charge in [-0.2, -0.15) is 10.1 Å². The van der Waals surface area contributed by atoms with Crippen LogP contribution in [0.15, 0.2) is 53.3 Å². The predicted molar refractivity (Wildman–Crippen MR) is 105 cm³/mol. The van der Waals surface area contributed by atoms with Crippen molar-refractivity contribution in [3.05, 3.63) is 70.1 Å². The zero-order chi connectivity index (χ0) is 19.5. The van der Waals surface area contributed by atoms with Crippen molar-refractivity contribution in [2.45, 2.75) is 13.5 Å². The molecule has 4 rings (SSSR count). The van der Waals surface area contributed by atoms with Gasteiger partial charge in [0.15, 0.2) is 5.82 Å². The van der Waals surface area contributed by atoms with Crippen LogP contribution < -0.4 is 16.2 Å². The summed E-state index contributed by atoms with van der Waals surface area (Å²) in [5.74, 6) is 0.723. The SMILES string of the molecule is Cc1cccc(-c2nc(NC(=O)NCc3n[nH]c(=O)c4ccccc34)n[nH]2)c1. The molecule has 2 aromatic carbocycles. The molecule has 0 saturated heterocycles. The lowest BCUT2D eigenvalue weighted by atomic mass is 10.1. The predicted octanol–water partition coefficient (Wildman–Crippen LogP) is 2.34. The van der Waals surface area contributed by atoms with Gasteiger partial charge in [0.05, 0.1) is 17.6 Å². The summed E-state index contributed by atoms with van der Waals surface area (Å²) in [5, 5.41) is 19.7. The number of carbonyl (C=O) groups is 1. The number of nitrogens with one attached hydrogen (secondary N) is 4. The second kappa shape index (κ2) is 7.31. The lowest BCUT2D eigenvalue weighted by Crippen LogP contribution is -2.29. The molecule has 2 heterocycles. The standard InChI is InChI=1S/C19H17N7O2/c1-11-5-4-6-12(9-11)16-21-18(26-24-16)22-19(28)20-10-15-13-7-2-3-8-14(13)17(27)25-23-15/h2-9H,10H2,1H3,(H,25,27)(H3,20,21,22,24,26,28). The van der Waals surface area contributed by atoms with Crippen molar-refractivity contribution in [3.8, 4) is 11.4 Å². The van der Waals surface area contributed by atoms with Gasteiger partial charge < -0.3 is 5.32 Å². The number of hydrogen-bond donors (Lipinski definition) is 4. The Kier molecular flexibility index (Phi) is 4.55. The van der Waals surface area contributed by atoms with Crippen LogP contribution in [0.25, 0.3) is 22.2 Å². The van der Waals surface area contributed by atoms with E-state index in [2.05, 4.69) is 36.0 Å². The van der Waals surface area contributed by atoms with E-state index in [9.17, 15) is 9.59 Å².